The molecule has 0 aliphatic heterocycles. The van der Waals surface area contributed by atoms with Crippen LogP contribution in [0.15, 0.2) is 53.6 Å². The number of alkyl halides is 3. The van der Waals surface area contributed by atoms with E-state index in [0.717, 1.165) is 11.8 Å². The van der Waals surface area contributed by atoms with Crippen molar-refractivity contribution in [2.75, 3.05) is 5.73 Å². The second kappa shape index (κ2) is 7.41. The van der Waals surface area contributed by atoms with Crippen molar-refractivity contribution in [2.24, 2.45) is 7.05 Å². The third-order valence-corrected chi connectivity index (χ3v) is 5.88. The number of imidazole rings is 1. The maximum atomic E-state index is 13.4. The molecule has 0 aliphatic carbocycles. The molecule has 10 heteroatoms. The van der Waals surface area contributed by atoms with Crippen molar-refractivity contribution < 1.29 is 13.2 Å². The second-order valence-corrected chi connectivity index (χ2v) is 8.11. The number of pyridine rings is 3. The van der Waals surface area contributed by atoms with Gasteiger partial charge in [0.15, 0.2) is 0 Å². The fourth-order valence-corrected chi connectivity index (χ4v) is 4.18. The Balaban J connectivity index is 1.83. The van der Waals surface area contributed by atoms with Gasteiger partial charge in [-0.15, -0.1) is 0 Å². The maximum absolute atomic E-state index is 13.4. The van der Waals surface area contributed by atoms with Crippen molar-refractivity contribution in [2.45, 2.75) is 20.0 Å². The number of anilines is 1. The highest BCUT2D eigenvalue weighted by molar-refractivity contribution is 6.04. The molecule has 0 fully saturated rings. The Labute approximate surface area is 191 Å². The Morgan fingerprint density at radius 1 is 0.971 bits per heavy atom. The number of aryl methyl sites for hydroxylation is 3. The molecular weight excluding hydrogens is 445 g/mol. The van der Waals surface area contributed by atoms with E-state index in [0.29, 0.717) is 38.9 Å². The van der Waals surface area contributed by atoms with E-state index >= 15 is 0 Å². The summed E-state index contributed by atoms with van der Waals surface area (Å²) >= 11 is 0. The SMILES string of the molecule is Cc1ccc(-n2c(=O)n(C)c3cnc4ccc(-c5cnc(N)c(C(F)(F)F)c5)cc4c32)c(C)n1. The lowest BCUT2D eigenvalue weighted by molar-refractivity contribution is -0.137. The lowest BCUT2D eigenvalue weighted by Gasteiger charge is -2.12. The van der Waals surface area contributed by atoms with E-state index in [1.54, 1.807) is 36.0 Å². The monoisotopic (exact) mass is 464 g/mol. The summed E-state index contributed by atoms with van der Waals surface area (Å²) in [5.41, 5.74) is 8.79. The van der Waals surface area contributed by atoms with Crippen LogP contribution in [-0.2, 0) is 13.2 Å². The molecule has 5 rings (SSSR count). The summed E-state index contributed by atoms with van der Waals surface area (Å²) in [6.45, 7) is 3.69. The number of hydrogen-bond acceptors (Lipinski definition) is 5. The van der Waals surface area contributed by atoms with E-state index in [-0.39, 0.29) is 11.3 Å². The molecule has 34 heavy (non-hydrogen) atoms. The molecule has 0 aliphatic rings. The average molecular weight is 464 g/mol. The largest absolute Gasteiger partial charge is 0.419 e. The number of nitrogens with two attached hydrogens (primary N) is 1. The molecule has 0 saturated carbocycles. The molecule has 0 bridgehead atoms. The molecule has 172 valence electrons. The van der Waals surface area contributed by atoms with Crippen molar-refractivity contribution in [3.63, 3.8) is 0 Å². The van der Waals surface area contributed by atoms with Gasteiger partial charge in [0.25, 0.3) is 0 Å². The molecule has 0 spiro atoms. The van der Waals surface area contributed by atoms with Crippen molar-refractivity contribution in [3.8, 4) is 16.8 Å². The van der Waals surface area contributed by atoms with Gasteiger partial charge in [-0.05, 0) is 49.7 Å². The molecule has 7 nitrogen and oxygen atoms in total. The second-order valence-electron chi connectivity index (χ2n) is 8.11. The van der Waals surface area contributed by atoms with Gasteiger partial charge in [-0.1, -0.05) is 6.07 Å². The van der Waals surface area contributed by atoms with E-state index in [4.69, 9.17) is 5.73 Å². The number of benzene rings is 1. The van der Waals surface area contributed by atoms with E-state index in [1.165, 1.54) is 10.8 Å². The molecule has 0 unspecified atom stereocenters. The van der Waals surface area contributed by atoms with Crippen LogP contribution in [0.5, 0.6) is 0 Å². The summed E-state index contributed by atoms with van der Waals surface area (Å²) in [6.07, 6.45) is -1.72. The highest BCUT2D eigenvalue weighted by Gasteiger charge is 2.34. The summed E-state index contributed by atoms with van der Waals surface area (Å²) in [7, 11) is 1.65. The first-order chi connectivity index (χ1) is 16.1. The Morgan fingerprint density at radius 3 is 2.44 bits per heavy atom. The van der Waals surface area contributed by atoms with Crippen LogP contribution < -0.4 is 11.4 Å². The van der Waals surface area contributed by atoms with Crippen LogP contribution in [-0.4, -0.2) is 24.1 Å². The highest BCUT2D eigenvalue weighted by Crippen LogP contribution is 2.36. The molecule has 0 amide bonds. The molecule has 0 saturated heterocycles. The molecule has 4 aromatic heterocycles. The maximum Gasteiger partial charge on any atom is 0.419 e. The lowest BCUT2D eigenvalue weighted by Crippen LogP contribution is -2.21. The highest BCUT2D eigenvalue weighted by atomic mass is 19.4. The Hall–Kier alpha value is -4.21. The van der Waals surface area contributed by atoms with Gasteiger partial charge in [0.05, 0.1) is 39.7 Å². The zero-order valence-corrected chi connectivity index (χ0v) is 18.5. The van der Waals surface area contributed by atoms with Gasteiger partial charge in [-0.2, -0.15) is 13.2 Å². The summed E-state index contributed by atoms with van der Waals surface area (Å²) in [5, 5.41) is 0.609. The van der Waals surface area contributed by atoms with Gasteiger partial charge >= 0.3 is 11.9 Å². The normalized spacial score (nSPS) is 12.1. The van der Waals surface area contributed by atoms with Gasteiger partial charge in [0, 0.05) is 29.9 Å². The Bertz CT molecular complexity index is 1670. The first-order valence-corrected chi connectivity index (χ1v) is 10.3. The molecule has 4 heterocycles. The van der Waals surface area contributed by atoms with E-state index in [9.17, 15) is 18.0 Å². The van der Waals surface area contributed by atoms with Crippen molar-refractivity contribution in [3.05, 3.63) is 76.2 Å². The zero-order chi connectivity index (χ0) is 24.4. The minimum absolute atomic E-state index is 0.249. The van der Waals surface area contributed by atoms with Gasteiger partial charge in [-0.3, -0.25) is 19.1 Å². The van der Waals surface area contributed by atoms with Crippen molar-refractivity contribution in [1.29, 1.82) is 0 Å². The molecule has 0 atom stereocenters. The van der Waals surface area contributed by atoms with Crippen molar-refractivity contribution >= 4 is 27.8 Å². The van der Waals surface area contributed by atoms with Crippen LogP contribution in [0, 0.1) is 13.8 Å². The average Bonchev–Trinajstić information content (AvgIpc) is 3.04. The number of fused-ring (bicyclic) bond motifs is 3. The fraction of sp³-hybridized carbons (Fsp3) is 0.167. The fourth-order valence-electron chi connectivity index (χ4n) is 4.18. The first-order valence-electron chi connectivity index (χ1n) is 10.3. The van der Waals surface area contributed by atoms with Gasteiger partial charge in [0.2, 0.25) is 0 Å². The summed E-state index contributed by atoms with van der Waals surface area (Å²) in [5.74, 6) is -0.583. The number of nitrogens with zero attached hydrogens (tertiary/aromatic N) is 5. The van der Waals surface area contributed by atoms with E-state index in [2.05, 4.69) is 15.0 Å². The van der Waals surface area contributed by atoms with Gasteiger partial charge in [0.1, 0.15) is 5.82 Å². The van der Waals surface area contributed by atoms with Crippen LogP contribution in [0.3, 0.4) is 0 Å². The third kappa shape index (κ3) is 3.30. The number of halogens is 3. The summed E-state index contributed by atoms with van der Waals surface area (Å²) in [4.78, 5) is 25.9. The molecule has 2 N–H and O–H groups in total. The first kappa shape index (κ1) is 21.6. The standard InChI is InChI=1S/C24H19F3N6O/c1-12-4-7-19(13(2)31-12)33-21-16-8-14(15-9-17(24(25,26)27)22(28)30-10-15)5-6-18(16)29-11-20(21)32(3)23(33)34/h4-11H,1-3H3,(H2,28,30). The predicted octanol–water partition coefficient (Wildman–Crippen LogP) is 4.55. The van der Waals surface area contributed by atoms with Crippen LogP contribution >= 0.6 is 0 Å². The Morgan fingerprint density at radius 2 is 1.74 bits per heavy atom. The Kier molecular flexibility index (Phi) is 4.71. The van der Waals surface area contributed by atoms with Crippen LogP contribution in [0.2, 0.25) is 0 Å². The third-order valence-electron chi connectivity index (χ3n) is 5.88. The number of rotatable bonds is 2. The number of aromatic nitrogens is 5. The van der Waals surface area contributed by atoms with Gasteiger partial charge in [-0.25, -0.2) is 9.78 Å². The van der Waals surface area contributed by atoms with E-state index < -0.39 is 17.6 Å². The van der Waals surface area contributed by atoms with E-state index in [1.807, 2.05) is 26.0 Å². The summed E-state index contributed by atoms with van der Waals surface area (Å²) < 4.78 is 43.2. The lowest BCUT2D eigenvalue weighted by atomic mass is 10.0. The molecule has 5 aromatic rings. The van der Waals surface area contributed by atoms with Gasteiger partial charge < -0.3 is 5.73 Å². The molecule has 0 radical (unpaired) electrons. The molecule has 1 aromatic carbocycles. The summed E-state index contributed by atoms with van der Waals surface area (Å²) in [6, 6.07) is 9.71. The zero-order valence-electron chi connectivity index (χ0n) is 18.5. The smallest absolute Gasteiger partial charge is 0.383 e. The van der Waals surface area contributed by atoms with Crippen LogP contribution in [0.4, 0.5) is 19.0 Å². The molecular formula is C24H19F3N6O. The predicted molar refractivity (Wildman–Crippen MR) is 124 cm³/mol. The van der Waals surface area contributed by atoms with Crippen LogP contribution in [0.1, 0.15) is 17.0 Å². The minimum atomic E-state index is -4.63. The van der Waals surface area contributed by atoms with Crippen LogP contribution in [0.25, 0.3) is 38.8 Å². The number of hydrogen-bond donors (Lipinski definition) is 1. The minimum Gasteiger partial charge on any atom is -0.383 e. The number of nitrogen functional groups attached to an aromatic ring is 1. The van der Waals surface area contributed by atoms with Crippen molar-refractivity contribution in [1.82, 2.24) is 24.1 Å². The quantitative estimate of drug-likeness (QED) is 0.414. The topological polar surface area (TPSA) is 91.6 Å².